The van der Waals surface area contributed by atoms with Crippen LogP contribution >= 0.6 is 11.8 Å². The first-order valence-electron chi connectivity index (χ1n) is 6.12. The van der Waals surface area contributed by atoms with Crippen molar-refractivity contribution in [3.8, 4) is 0 Å². The molecule has 1 saturated heterocycles. The van der Waals surface area contributed by atoms with Crippen LogP contribution in [0.25, 0.3) is 0 Å². The van der Waals surface area contributed by atoms with Crippen molar-refractivity contribution >= 4 is 11.8 Å². The molecule has 1 aliphatic heterocycles. The molecule has 88 valence electrons. The molecule has 16 heavy (non-hydrogen) atoms. The highest BCUT2D eigenvalue weighted by molar-refractivity contribution is 7.98. The fraction of sp³-hybridized carbons (Fsp3) is 0.571. The maximum absolute atomic E-state index is 3.54. The van der Waals surface area contributed by atoms with Crippen molar-refractivity contribution in [2.45, 2.75) is 38.5 Å². The first-order valence-corrected chi connectivity index (χ1v) is 7.28. The van der Waals surface area contributed by atoms with Crippen LogP contribution in [0.5, 0.6) is 0 Å². The maximum Gasteiger partial charge on any atom is 0.0185 e. The number of hydrogen-bond donors (Lipinski definition) is 1. The molecule has 0 bridgehead atoms. The molecular weight excluding hydrogens is 214 g/mol. The van der Waals surface area contributed by atoms with E-state index in [-0.39, 0.29) is 0 Å². The van der Waals surface area contributed by atoms with Gasteiger partial charge in [-0.05, 0) is 38.8 Å². The largest absolute Gasteiger partial charge is 0.313 e. The van der Waals surface area contributed by atoms with Gasteiger partial charge in [-0.2, -0.15) is 11.8 Å². The highest BCUT2D eigenvalue weighted by atomic mass is 32.2. The minimum absolute atomic E-state index is 0.760. The lowest BCUT2D eigenvalue weighted by molar-refractivity contribution is 0.674. The molecule has 1 fully saturated rings. The van der Waals surface area contributed by atoms with Gasteiger partial charge in [0.15, 0.2) is 0 Å². The molecule has 2 heteroatoms. The van der Waals surface area contributed by atoms with Crippen LogP contribution in [0.1, 0.15) is 29.5 Å². The molecule has 1 nitrogen and oxygen atoms in total. The van der Waals surface area contributed by atoms with E-state index < -0.39 is 0 Å². The normalized spacial score (nSPS) is 20.2. The van der Waals surface area contributed by atoms with E-state index in [4.69, 9.17) is 0 Å². The predicted molar refractivity (Wildman–Crippen MR) is 73.1 cm³/mol. The van der Waals surface area contributed by atoms with Crippen molar-refractivity contribution in [3.05, 3.63) is 34.9 Å². The van der Waals surface area contributed by atoms with Crippen molar-refractivity contribution in [1.29, 1.82) is 0 Å². The summed E-state index contributed by atoms with van der Waals surface area (Å²) in [6.45, 7) is 5.58. The second kappa shape index (κ2) is 5.74. The molecule has 2 rings (SSSR count). The van der Waals surface area contributed by atoms with Gasteiger partial charge in [0.05, 0.1) is 0 Å². The summed E-state index contributed by atoms with van der Waals surface area (Å²) < 4.78 is 0. The predicted octanol–water partition coefficient (Wildman–Crippen LogP) is 3.29. The van der Waals surface area contributed by atoms with E-state index in [1.165, 1.54) is 41.8 Å². The van der Waals surface area contributed by atoms with Gasteiger partial charge in [-0.25, -0.2) is 0 Å². The average molecular weight is 235 g/mol. The summed E-state index contributed by atoms with van der Waals surface area (Å²) in [4.78, 5) is 0. The van der Waals surface area contributed by atoms with Crippen LogP contribution in [0, 0.1) is 13.8 Å². The quantitative estimate of drug-likeness (QED) is 0.859. The third-order valence-electron chi connectivity index (χ3n) is 3.03. The van der Waals surface area contributed by atoms with Gasteiger partial charge in [0.2, 0.25) is 0 Å². The van der Waals surface area contributed by atoms with Crippen LogP contribution in [-0.2, 0) is 5.75 Å². The highest BCUT2D eigenvalue weighted by Gasteiger charge is 2.13. The molecule has 1 aromatic rings. The van der Waals surface area contributed by atoms with Gasteiger partial charge in [0, 0.05) is 17.5 Å². The first-order chi connectivity index (χ1) is 7.74. The Hall–Kier alpha value is -0.470. The number of benzene rings is 1. The summed E-state index contributed by atoms with van der Waals surface area (Å²) in [6.07, 6.45) is 2.72. The second-order valence-corrected chi connectivity index (χ2v) is 5.83. The van der Waals surface area contributed by atoms with E-state index in [9.17, 15) is 0 Å². The summed E-state index contributed by atoms with van der Waals surface area (Å²) in [5.41, 5.74) is 4.24. The minimum Gasteiger partial charge on any atom is -0.313 e. The fourth-order valence-electron chi connectivity index (χ4n) is 2.37. The van der Waals surface area contributed by atoms with Crippen LogP contribution < -0.4 is 5.32 Å². The van der Waals surface area contributed by atoms with Crippen LogP contribution in [0.2, 0.25) is 0 Å². The molecule has 0 spiro atoms. The monoisotopic (exact) mass is 235 g/mol. The number of hydrogen-bond acceptors (Lipinski definition) is 2. The molecule has 0 aliphatic carbocycles. The van der Waals surface area contributed by atoms with Crippen molar-refractivity contribution in [3.63, 3.8) is 0 Å². The molecule has 0 aromatic heterocycles. The highest BCUT2D eigenvalue weighted by Crippen LogP contribution is 2.18. The van der Waals surface area contributed by atoms with Gasteiger partial charge >= 0.3 is 0 Å². The Balaban J connectivity index is 1.80. The first kappa shape index (κ1) is 12.0. The Kier molecular flexibility index (Phi) is 4.30. The molecule has 1 aromatic carbocycles. The molecule has 1 heterocycles. The number of thioether (sulfide) groups is 1. The zero-order valence-electron chi connectivity index (χ0n) is 10.3. The van der Waals surface area contributed by atoms with E-state index in [0.29, 0.717) is 0 Å². The van der Waals surface area contributed by atoms with Crippen LogP contribution in [0.4, 0.5) is 0 Å². The molecule has 0 amide bonds. The summed E-state index contributed by atoms with van der Waals surface area (Å²) in [7, 11) is 0. The van der Waals surface area contributed by atoms with E-state index in [0.717, 1.165) is 11.8 Å². The van der Waals surface area contributed by atoms with Gasteiger partial charge < -0.3 is 5.32 Å². The lowest BCUT2D eigenvalue weighted by Crippen LogP contribution is -2.23. The van der Waals surface area contributed by atoms with Crippen molar-refractivity contribution in [2.24, 2.45) is 0 Å². The standard InChI is InChI=1S/C14H21NS/c1-11-6-12(2)8-13(7-11)9-16-10-14-4-3-5-15-14/h6-8,14-15H,3-5,9-10H2,1-2H3/t14-/m1/s1. The molecule has 0 radical (unpaired) electrons. The van der Waals surface area contributed by atoms with E-state index >= 15 is 0 Å². The lowest BCUT2D eigenvalue weighted by atomic mass is 10.1. The Morgan fingerprint density at radius 3 is 2.62 bits per heavy atom. The Labute approximate surface area is 103 Å². The number of aryl methyl sites for hydroxylation is 2. The zero-order valence-corrected chi connectivity index (χ0v) is 11.1. The third-order valence-corrected chi connectivity index (χ3v) is 4.21. The van der Waals surface area contributed by atoms with E-state index in [2.05, 4.69) is 49.1 Å². The molecule has 1 N–H and O–H groups in total. The van der Waals surface area contributed by atoms with Gasteiger partial charge in [-0.15, -0.1) is 0 Å². The molecular formula is C14H21NS. The second-order valence-electron chi connectivity index (χ2n) is 4.80. The van der Waals surface area contributed by atoms with E-state index in [1.54, 1.807) is 0 Å². The summed E-state index contributed by atoms with van der Waals surface area (Å²) >= 11 is 2.06. The van der Waals surface area contributed by atoms with Gasteiger partial charge in [0.1, 0.15) is 0 Å². The van der Waals surface area contributed by atoms with Crippen molar-refractivity contribution in [1.82, 2.24) is 5.32 Å². The summed E-state index contributed by atoms with van der Waals surface area (Å²) in [5.74, 6) is 2.41. The third kappa shape index (κ3) is 3.53. The smallest absolute Gasteiger partial charge is 0.0185 e. The van der Waals surface area contributed by atoms with Crippen LogP contribution in [-0.4, -0.2) is 18.3 Å². The molecule has 1 atom stereocenters. The SMILES string of the molecule is Cc1cc(C)cc(CSC[C@H]2CCCN2)c1. The average Bonchev–Trinajstić information content (AvgIpc) is 2.69. The summed E-state index contributed by atoms with van der Waals surface area (Å²) in [5, 5.41) is 3.54. The lowest BCUT2D eigenvalue weighted by Gasteiger charge is -2.10. The maximum atomic E-state index is 3.54. The topological polar surface area (TPSA) is 12.0 Å². The van der Waals surface area contributed by atoms with Crippen LogP contribution in [0.15, 0.2) is 18.2 Å². The Bertz CT molecular complexity index is 322. The number of nitrogens with one attached hydrogen (secondary N) is 1. The summed E-state index contributed by atoms with van der Waals surface area (Å²) in [6, 6.07) is 7.62. The molecule has 1 aliphatic rings. The molecule has 0 saturated carbocycles. The van der Waals surface area contributed by atoms with E-state index in [1.807, 2.05) is 0 Å². The van der Waals surface area contributed by atoms with Crippen molar-refractivity contribution in [2.75, 3.05) is 12.3 Å². The molecule has 0 unspecified atom stereocenters. The van der Waals surface area contributed by atoms with Crippen molar-refractivity contribution < 1.29 is 0 Å². The van der Waals surface area contributed by atoms with Gasteiger partial charge in [-0.3, -0.25) is 0 Å². The Morgan fingerprint density at radius 1 is 1.25 bits per heavy atom. The number of rotatable bonds is 4. The minimum atomic E-state index is 0.760. The van der Waals surface area contributed by atoms with Crippen LogP contribution in [0.3, 0.4) is 0 Å². The fourth-order valence-corrected chi connectivity index (χ4v) is 3.46. The zero-order chi connectivity index (χ0) is 11.4. The van der Waals surface area contributed by atoms with Gasteiger partial charge in [0.25, 0.3) is 0 Å². The Morgan fingerprint density at radius 2 is 2.00 bits per heavy atom. The van der Waals surface area contributed by atoms with Gasteiger partial charge in [-0.1, -0.05) is 29.3 Å².